The predicted octanol–water partition coefficient (Wildman–Crippen LogP) is 4.43. The Hall–Kier alpha value is -1.26. The molecule has 1 heterocycles. The van der Waals surface area contributed by atoms with Crippen LogP contribution in [0.25, 0.3) is 0 Å². The zero-order valence-electron chi connectivity index (χ0n) is 12.1. The van der Waals surface area contributed by atoms with Gasteiger partial charge in [0.25, 0.3) is 0 Å². The number of hydrogen-bond acceptors (Lipinski definition) is 3. The first-order chi connectivity index (χ1) is 9.56. The van der Waals surface area contributed by atoms with Crippen LogP contribution in [0.15, 0.2) is 39.2 Å². The lowest BCUT2D eigenvalue weighted by molar-refractivity contribution is 0.266. The van der Waals surface area contributed by atoms with Crippen molar-refractivity contribution in [3.63, 3.8) is 0 Å². The van der Waals surface area contributed by atoms with Gasteiger partial charge in [0.15, 0.2) is 0 Å². The Morgan fingerprint density at radius 3 is 2.75 bits per heavy atom. The van der Waals surface area contributed by atoms with Gasteiger partial charge >= 0.3 is 0 Å². The van der Waals surface area contributed by atoms with Crippen LogP contribution in [0.3, 0.4) is 0 Å². The maximum absolute atomic E-state index is 5.76. The zero-order valence-corrected chi connectivity index (χ0v) is 13.7. The summed E-state index contributed by atoms with van der Waals surface area (Å²) < 4.78 is 12.4. The van der Waals surface area contributed by atoms with E-state index in [-0.39, 0.29) is 0 Å². The van der Waals surface area contributed by atoms with Crippen molar-refractivity contribution < 1.29 is 9.15 Å². The van der Waals surface area contributed by atoms with Crippen molar-refractivity contribution in [1.29, 1.82) is 0 Å². The van der Waals surface area contributed by atoms with E-state index in [1.54, 1.807) is 0 Å². The molecule has 0 aliphatic carbocycles. The van der Waals surface area contributed by atoms with E-state index < -0.39 is 0 Å². The zero-order chi connectivity index (χ0) is 14.5. The predicted molar refractivity (Wildman–Crippen MR) is 83.9 cm³/mol. The summed E-state index contributed by atoms with van der Waals surface area (Å²) in [5, 5.41) is 3.39. The first-order valence-corrected chi connectivity index (χ1v) is 7.54. The molecule has 108 valence electrons. The minimum Gasteiger partial charge on any atom is -0.484 e. The summed E-state index contributed by atoms with van der Waals surface area (Å²) in [6, 6.07) is 10.3. The van der Waals surface area contributed by atoms with Crippen LogP contribution in [-0.2, 0) is 13.2 Å². The molecule has 3 nitrogen and oxygen atoms in total. The number of furan rings is 1. The minimum atomic E-state index is 0.436. The monoisotopic (exact) mass is 337 g/mol. The Kier molecular flexibility index (Phi) is 5.26. The molecule has 1 N–H and O–H groups in total. The molecule has 0 atom stereocenters. The number of rotatable bonds is 6. The van der Waals surface area contributed by atoms with Crippen molar-refractivity contribution in [1.82, 2.24) is 5.32 Å². The van der Waals surface area contributed by atoms with Crippen LogP contribution in [0.4, 0.5) is 0 Å². The van der Waals surface area contributed by atoms with E-state index in [2.05, 4.69) is 41.2 Å². The fourth-order valence-electron chi connectivity index (χ4n) is 1.86. The Morgan fingerprint density at radius 2 is 2.05 bits per heavy atom. The first-order valence-electron chi connectivity index (χ1n) is 6.75. The van der Waals surface area contributed by atoms with Crippen molar-refractivity contribution in [2.24, 2.45) is 0 Å². The van der Waals surface area contributed by atoms with Crippen LogP contribution in [0.1, 0.15) is 30.9 Å². The molecule has 1 aromatic carbocycles. The molecule has 0 radical (unpaired) electrons. The summed E-state index contributed by atoms with van der Waals surface area (Å²) in [6.45, 7) is 7.51. The van der Waals surface area contributed by atoms with Crippen LogP contribution in [-0.4, -0.2) is 6.04 Å². The van der Waals surface area contributed by atoms with Crippen LogP contribution in [0.5, 0.6) is 5.75 Å². The summed E-state index contributed by atoms with van der Waals surface area (Å²) in [7, 11) is 0. The molecule has 0 fully saturated rings. The number of nitrogens with one attached hydrogen (secondary N) is 1. The van der Waals surface area contributed by atoms with Gasteiger partial charge in [-0.25, -0.2) is 0 Å². The Morgan fingerprint density at radius 1 is 1.30 bits per heavy atom. The fourth-order valence-corrected chi connectivity index (χ4v) is 2.26. The highest BCUT2D eigenvalue weighted by Gasteiger charge is 2.09. The van der Waals surface area contributed by atoms with Gasteiger partial charge < -0.3 is 14.5 Å². The van der Waals surface area contributed by atoms with Gasteiger partial charge in [0.1, 0.15) is 23.9 Å². The summed E-state index contributed by atoms with van der Waals surface area (Å²) in [4.78, 5) is 0. The standard InChI is InChI=1S/C16H20BrNO2/c1-11(2)18-9-13-8-14(20-12(13)3)10-19-16-7-5-4-6-15(16)17/h4-8,11,18H,9-10H2,1-3H3. The van der Waals surface area contributed by atoms with Gasteiger partial charge in [-0.3, -0.25) is 0 Å². The average Bonchev–Trinajstić information content (AvgIpc) is 2.76. The van der Waals surface area contributed by atoms with Crippen LogP contribution in [0.2, 0.25) is 0 Å². The largest absolute Gasteiger partial charge is 0.484 e. The van der Waals surface area contributed by atoms with Gasteiger partial charge in [-0.1, -0.05) is 26.0 Å². The summed E-state index contributed by atoms with van der Waals surface area (Å²) in [5.74, 6) is 2.62. The van der Waals surface area contributed by atoms with Crippen molar-refractivity contribution in [2.75, 3.05) is 0 Å². The quantitative estimate of drug-likeness (QED) is 0.846. The topological polar surface area (TPSA) is 34.4 Å². The summed E-state index contributed by atoms with van der Waals surface area (Å²) in [5.41, 5.74) is 1.18. The maximum atomic E-state index is 5.76. The minimum absolute atomic E-state index is 0.436. The summed E-state index contributed by atoms with van der Waals surface area (Å²) in [6.07, 6.45) is 0. The third-order valence-corrected chi connectivity index (χ3v) is 3.63. The highest BCUT2D eigenvalue weighted by molar-refractivity contribution is 9.10. The lowest BCUT2D eigenvalue weighted by Gasteiger charge is -2.06. The third kappa shape index (κ3) is 4.12. The van der Waals surface area contributed by atoms with E-state index in [0.717, 1.165) is 28.3 Å². The fraction of sp³-hybridized carbons (Fsp3) is 0.375. The number of ether oxygens (including phenoxy) is 1. The lowest BCUT2D eigenvalue weighted by Crippen LogP contribution is -2.21. The highest BCUT2D eigenvalue weighted by atomic mass is 79.9. The van der Waals surface area contributed by atoms with E-state index in [1.807, 2.05) is 31.2 Å². The molecule has 0 unspecified atom stereocenters. The molecule has 20 heavy (non-hydrogen) atoms. The molecule has 0 amide bonds. The molecule has 1 aromatic heterocycles. The Labute approximate surface area is 128 Å². The SMILES string of the molecule is Cc1oc(COc2ccccc2Br)cc1CNC(C)C. The molecular formula is C16H20BrNO2. The van der Waals surface area contributed by atoms with Gasteiger partial charge in [0.05, 0.1) is 4.47 Å². The van der Waals surface area contributed by atoms with Gasteiger partial charge in [-0.05, 0) is 41.1 Å². The molecule has 4 heteroatoms. The molecular weight excluding hydrogens is 318 g/mol. The highest BCUT2D eigenvalue weighted by Crippen LogP contribution is 2.25. The van der Waals surface area contributed by atoms with Crippen molar-refractivity contribution in [3.8, 4) is 5.75 Å². The molecule has 0 aliphatic rings. The van der Waals surface area contributed by atoms with Crippen LogP contribution in [0, 0.1) is 6.92 Å². The molecule has 0 saturated carbocycles. The van der Waals surface area contributed by atoms with Crippen molar-refractivity contribution >= 4 is 15.9 Å². The maximum Gasteiger partial charge on any atom is 0.146 e. The van der Waals surface area contributed by atoms with Crippen molar-refractivity contribution in [3.05, 3.63) is 51.9 Å². The number of benzene rings is 1. The second-order valence-corrected chi connectivity index (χ2v) is 5.90. The van der Waals surface area contributed by atoms with Gasteiger partial charge in [0.2, 0.25) is 0 Å². The molecule has 0 spiro atoms. The van der Waals surface area contributed by atoms with Gasteiger partial charge in [0, 0.05) is 18.2 Å². The number of aryl methyl sites for hydroxylation is 1. The second kappa shape index (κ2) is 6.95. The average molecular weight is 338 g/mol. The van der Waals surface area contributed by atoms with Crippen molar-refractivity contribution in [2.45, 2.75) is 40.0 Å². The number of para-hydroxylation sites is 1. The molecule has 2 rings (SSSR count). The lowest BCUT2D eigenvalue weighted by atomic mass is 10.2. The Balaban J connectivity index is 1.97. The van der Waals surface area contributed by atoms with Crippen LogP contribution >= 0.6 is 15.9 Å². The smallest absolute Gasteiger partial charge is 0.146 e. The number of hydrogen-bond donors (Lipinski definition) is 1. The first kappa shape index (κ1) is 15.1. The second-order valence-electron chi connectivity index (χ2n) is 5.05. The van der Waals surface area contributed by atoms with E-state index in [0.29, 0.717) is 12.6 Å². The summed E-state index contributed by atoms with van der Waals surface area (Å²) >= 11 is 3.46. The van der Waals surface area contributed by atoms with E-state index in [1.165, 1.54) is 5.56 Å². The number of halogens is 1. The van der Waals surface area contributed by atoms with E-state index in [9.17, 15) is 0 Å². The van der Waals surface area contributed by atoms with E-state index in [4.69, 9.17) is 9.15 Å². The Bertz CT molecular complexity index is 563. The normalized spacial score (nSPS) is 11.1. The molecule has 0 aliphatic heterocycles. The molecule has 0 bridgehead atoms. The van der Waals surface area contributed by atoms with Gasteiger partial charge in [-0.2, -0.15) is 0 Å². The van der Waals surface area contributed by atoms with Gasteiger partial charge in [-0.15, -0.1) is 0 Å². The van der Waals surface area contributed by atoms with Crippen LogP contribution < -0.4 is 10.1 Å². The molecule has 0 saturated heterocycles. The third-order valence-electron chi connectivity index (χ3n) is 2.98. The molecule has 2 aromatic rings. The van der Waals surface area contributed by atoms with E-state index >= 15 is 0 Å².